The normalized spacial score (nSPS) is 22.1. The van der Waals surface area contributed by atoms with Crippen molar-refractivity contribution in [2.45, 2.75) is 83.8 Å². The summed E-state index contributed by atoms with van der Waals surface area (Å²) in [5, 5.41) is 1.16. The maximum Gasteiger partial charge on any atom is 0.0760 e. The van der Waals surface area contributed by atoms with Crippen LogP contribution in [0, 0.1) is 0 Å². The molecule has 0 aromatic rings. The third kappa shape index (κ3) is 7.99. The van der Waals surface area contributed by atoms with Gasteiger partial charge in [0, 0.05) is 18.4 Å². The molecule has 0 unspecified atom stereocenters. The molecule has 1 saturated heterocycles. The lowest BCUT2D eigenvalue weighted by molar-refractivity contribution is -0.180. The van der Waals surface area contributed by atoms with Crippen LogP contribution in [0.2, 0.25) is 0 Å². The second-order valence-corrected chi connectivity index (χ2v) is 8.29. The fourth-order valence-corrected chi connectivity index (χ4v) is 3.81. The van der Waals surface area contributed by atoms with E-state index in [1.54, 1.807) is 0 Å². The molecule has 3 heteroatoms. The van der Waals surface area contributed by atoms with E-state index in [1.165, 1.54) is 51.5 Å². The molecule has 0 aliphatic carbocycles. The summed E-state index contributed by atoms with van der Waals surface area (Å²) in [5.41, 5.74) is -0.00510. The number of ether oxygens (including phenoxy) is 1. The minimum Gasteiger partial charge on any atom is -0.367 e. The van der Waals surface area contributed by atoms with Crippen molar-refractivity contribution in [3.05, 3.63) is 0 Å². The number of hydrogen-bond donors (Lipinski definition) is 0. The molecule has 0 N–H and O–H groups in total. The zero-order valence-corrected chi connectivity index (χ0v) is 15.6. The molecule has 0 bridgehead atoms. The molecule has 120 valence electrons. The molecular formula is C17H34BrNO. The summed E-state index contributed by atoms with van der Waals surface area (Å²) in [5.74, 6) is 0. The zero-order chi connectivity index (χ0) is 15.1. The van der Waals surface area contributed by atoms with Crippen LogP contribution in [0.4, 0.5) is 0 Å². The third-order valence-corrected chi connectivity index (χ3v) is 4.43. The minimum absolute atomic E-state index is 0.00255. The minimum atomic E-state index is -0.00255. The Kier molecular flexibility index (Phi) is 8.07. The molecule has 0 amide bonds. The van der Waals surface area contributed by atoms with Crippen LogP contribution in [0.5, 0.6) is 0 Å². The summed E-state index contributed by atoms with van der Waals surface area (Å²) >= 11 is 3.49. The summed E-state index contributed by atoms with van der Waals surface area (Å²) in [6.07, 6.45) is 9.65. The largest absolute Gasteiger partial charge is 0.367 e. The highest BCUT2D eigenvalue weighted by molar-refractivity contribution is 9.09. The van der Waals surface area contributed by atoms with Gasteiger partial charge >= 0.3 is 0 Å². The van der Waals surface area contributed by atoms with E-state index < -0.39 is 0 Å². The molecule has 1 rings (SSSR count). The Hall–Kier alpha value is 0.400. The molecule has 0 atom stereocenters. The van der Waals surface area contributed by atoms with Crippen molar-refractivity contribution < 1.29 is 4.74 Å². The molecule has 1 heterocycles. The monoisotopic (exact) mass is 347 g/mol. The predicted octanol–water partition coefficient (Wildman–Crippen LogP) is 5.00. The van der Waals surface area contributed by atoms with Gasteiger partial charge in [-0.2, -0.15) is 0 Å². The van der Waals surface area contributed by atoms with Crippen LogP contribution in [0.3, 0.4) is 0 Å². The van der Waals surface area contributed by atoms with E-state index in [2.05, 4.69) is 48.5 Å². The van der Waals surface area contributed by atoms with E-state index in [-0.39, 0.29) is 11.2 Å². The van der Waals surface area contributed by atoms with Crippen LogP contribution in [0.1, 0.15) is 72.6 Å². The Labute approximate surface area is 134 Å². The van der Waals surface area contributed by atoms with Gasteiger partial charge in [0.15, 0.2) is 0 Å². The lowest BCUT2D eigenvalue weighted by Gasteiger charge is -2.47. The van der Waals surface area contributed by atoms with Crippen LogP contribution in [-0.4, -0.2) is 41.1 Å². The molecule has 1 aliphatic heterocycles. The molecule has 0 radical (unpaired) electrons. The van der Waals surface area contributed by atoms with Crippen molar-refractivity contribution in [2.75, 3.05) is 25.0 Å². The average molecular weight is 348 g/mol. The number of hydrogen-bond acceptors (Lipinski definition) is 2. The summed E-state index contributed by atoms with van der Waals surface area (Å²) in [4.78, 5) is 2.59. The number of halogens is 1. The van der Waals surface area contributed by atoms with Crippen LogP contribution in [0.25, 0.3) is 0 Å². The van der Waals surface area contributed by atoms with Crippen molar-refractivity contribution in [2.24, 2.45) is 0 Å². The fourth-order valence-electron chi connectivity index (χ4n) is 3.42. The van der Waals surface area contributed by atoms with Gasteiger partial charge in [0.2, 0.25) is 0 Å². The maximum absolute atomic E-state index is 6.13. The highest BCUT2D eigenvalue weighted by Gasteiger charge is 2.37. The Bertz CT molecular complexity index is 250. The second kappa shape index (κ2) is 8.75. The highest BCUT2D eigenvalue weighted by atomic mass is 79.9. The van der Waals surface area contributed by atoms with Crippen LogP contribution in [0.15, 0.2) is 0 Å². The van der Waals surface area contributed by atoms with E-state index in [1.807, 2.05) is 0 Å². The topological polar surface area (TPSA) is 12.5 Å². The Morgan fingerprint density at radius 3 is 1.75 bits per heavy atom. The highest BCUT2D eigenvalue weighted by Crippen LogP contribution is 2.28. The van der Waals surface area contributed by atoms with Crippen LogP contribution >= 0.6 is 15.9 Å². The van der Waals surface area contributed by atoms with E-state index in [0.717, 1.165) is 18.4 Å². The third-order valence-electron chi connectivity index (χ3n) is 3.87. The number of nitrogens with zero attached hydrogens (tertiary/aromatic N) is 1. The molecule has 0 aromatic heterocycles. The van der Waals surface area contributed by atoms with Crippen LogP contribution in [-0.2, 0) is 4.74 Å². The van der Waals surface area contributed by atoms with Gasteiger partial charge in [0.1, 0.15) is 0 Å². The quantitative estimate of drug-likeness (QED) is 0.429. The summed E-state index contributed by atoms with van der Waals surface area (Å²) in [6, 6.07) is 0. The van der Waals surface area contributed by atoms with Crippen molar-refractivity contribution in [3.8, 4) is 0 Å². The average Bonchev–Trinajstić information content (AvgIpc) is 2.28. The van der Waals surface area contributed by atoms with Gasteiger partial charge in [-0.25, -0.2) is 0 Å². The van der Waals surface area contributed by atoms with Gasteiger partial charge in [-0.1, -0.05) is 48.0 Å². The predicted molar refractivity (Wildman–Crippen MR) is 91.8 cm³/mol. The van der Waals surface area contributed by atoms with E-state index >= 15 is 0 Å². The molecular weight excluding hydrogens is 314 g/mol. The van der Waals surface area contributed by atoms with Crippen molar-refractivity contribution >= 4 is 15.9 Å². The fraction of sp³-hybridized carbons (Fsp3) is 1.00. The first-order chi connectivity index (χ1) is 9.35. The summed E-state index contributed by atoms with van der Waals surface area (Å²) < 4.78 is 6.13. The second-order valence-electron chi connectivity index (χ2n) is 7.50. The Morgan fingerprint density at radius 2 is 1.25 bits per heavy atom. The number of morpholine rings is 1. The molecule has 20 heavy (non-hydrogen) atoms. The molecule has 0 aromatic carbocycles. The van der Waals surface area contributed by atoms with Gasteiger partial charge < -0.3 is 4.74 Å². The van der Waals surface area contributed by atoms with Crippen LogP contribution < -0.4 is 0 Å². The van der Waals surface area contributed by atoms with Crippen molar-refractivity contribution in [1.29, 1.82) is 0 Å². The Balaban J connectivity index is 2.09. The molecule has 2 nitrogen and oxygen atoms in total. The Morgan fingerprint density at radius 1 is 0.800 bits per heavy atom. The summed E-state index contributed by atoms with van der Waals surface area (Å²) in [7, 11) is 0. The first kappa shape index (κ1) is 18.4. The van der Waals surface area contributed by atoms with E-state index in [9.17, 15) is 0 Å². The lowest BCUT2D eigenvalue weighted by atomic mass is 9.98. The number of unbranched alkanes of at least 4 members (excludes halogenated alkanes) is 6. The maximum atomic E-state index is 6.13. The van der Waals surface area contributed by atoms with Crippen molar-refractivity contribution in [3.63, 3.8) is 0 Å². The van der Waals surface area contributed by atoms with Gasteiger partial charge in [-0.05, 0) is 47.1 Å². The van der Waals surface area contributed by atoms with Gasteiger partial charge in [0.05, 0.1) is 11.2 Å². The molecule has 1 aliphatic rings. The number of rotatable bonds is 9. The lowest BCUT2D eigenvalue weighted by Crippen LogP contribution is -2.57. The SMILES string of the molecule is CC1(C)CN(CCCCCCCCCBr)CC(C)(C)O1. The van der Waals surface area contributed by atoms with Gasteiger partial charge in [-0.3, -0.25) is 4.90 Å². The standard InChI is InChI=1S/C17H34BrNO/c1-16(2)14-19(15-17(3,4)20-16)13-11-9-7-5-6-8-10-12-18/h5-15H2,1-4H3. The van der Waals surface area contributed by atoms with Gasteiger partial charge in [-0.15, -0.1) is 0 Å². The zero-order valence-electron chi connectivity index (χ0n) is 14.0. The number of alkyl halides is 1. The van der Waals surface area contributed by atoms with E-state index in [4.69, 9.17) is 4.74 Å². The van der Waals surface area contributed by atoms with Crippen molar-refractivity contribution in [1.82, 2.24) is 4.90 Å². The first-order valence-corrected chi connectivity index (χ1v) is 9.45. The summed E-state index contributed by atoms with van der Waals surface area (Å²) in [6.45, 7) is 12.2. The van der Waals surface area contributed by atoms with Gasteiger partial charge in [0.25, 0.3) is 0 Å². The van der Waals surface area contributed by atoms with E-state index in [0.29, 0.717) is 0 Å². The molecule has 1 fully saturated rings. The smallest absolute Gasteiger partial charge is 0.0760 e. The molecule has 0 spiro atoms. The molecule has 0 saturated carbocycles. The first-order valence-electron chi connectivity index (χ1n) is 8.33.